The lowest BCUT2D eigenvalue weighted by molar-refractivity contribution is -0.137. The summed E-state index contributed by atoms with van der Waals surface area (Å²) in [6, 6.07) is 3.56. The SMILES string of the molecule is O=C(CN1C(=O)COc2cccnc21)N1CCC[C@H](N2CCCC2=O)C1. The third-order valence-corrected chi connectivity index (χ3v) is 5.25. The quantitative estimate of drug-likeness (QED) is 0.782. The molecular formula is C18H22N4O4. The molecule has 0 aromatic carbocycles. The Bertz CT molecular complexity index is 738. The van der Waals surface area contributed by atoms with Gasteiger partial charge in [0.2, 0.25) is 11.8 Å². The predicted octanol–water partition coefficient (Wildman–Crippen LogP) is 0.420. The van der Waals surface area contributed by atoms with E-state index in [0.717, 1.165) is 25.8 Å². The van der Waals surface area contributed by atoms with Crippen LogP contribution in [0.2, 0.25) is 0 Å². The van der Waals surface area contributed by atoms with Crippen molar-refractivity contribution in [3.8, 4) is 5.75 Å². The number of fused-ring (bicyclic) bond motifs is 1. The van der Waals surface area contributed by atoms with Gasteiger partial charge in [-0.3, -0.25) is 19.3 Å². The number of hydrogen-bond donors (Lipinski definition) is 0. The van der Waals surface area contributed by atoms with Gasteiger partial charge in [0.25, 0.3) is 5.91 Å². The molecule has 4 heterocycles. The highest BCUT2D eigenvalue weighted by Gasteiger charge is 2.35. The van der Waals surface area contributed by atoms with E-state index in [9.17, 15) is 14.4 Å². The molecule has 0 radical (unpaired) electrons. The molecule has 4 rings (SSSR count). The Morgan fingerprint density at radius 1 is 1.23 bits per heavy atom. The molecule has 2 saturated heterocycles. The highest BCUT2D eigenvalue weighted by molar-refractivity contribution is 6.01. The average molecular weight is 358 g/mol. The molecule has 3 aliphatic heterocycles. The van der Waals surface area contributed by atoms with Gasteiger partial charge in [-0.1, -0.05) is 0 Å². The number of anilines is 1. The zero-order valence-electron chi connectivity index (χ0n) is 14.6. The Labute approximate surface area is 151 Å². The second-order valence-corrected chi connectivity index (χ2v) is 6.92. The summed E-state index contributed by atoms with van der Waals surface area (Å²) in [5, 5.41) is 0. The van der Waals surface area contributed by atoms with Gasteiger partial charge in [-0.05, 0) is 31.4 Å². The molecule has 1 aromatic rings. The fourth-order valence-electron chi connectivity index (χ4n) is 3.92. The van der Waals surface area contributed by atoms with Crippen molar-refractivity contribution in [3.63, 3.8) is 0 Å². The van der Waals surface area contributed by atoms with Crippen LogP contribution in [0, 0.1) is 0 Å². The summed E-state index contributed by atoms with van der Waals surface area (Å²) in [6.45, 7) is 1.84. The van der Waals surface area contributed by atoms with Gasteiger partial charge in [-0.2, -0.15) is 0 Å². The van der Waals surface area contributed by atoms with E-state index >= 15 is 0 Å². The van der Waals surface area contributed by atoms with Gasteiger partial charge in [0.05, 0.1) is 0 Å². The molecule has 3 aliphatic rings. The Morgan fingerprint density at radius 3 is 2.92 bits per heavy atom. The third-order valence-electron chi connectivity index (χ3n) is 5.25. The van der Waals surface area contributed by atoms with Crippen molar-refractivity contribution in [2.24, 2.45) is 0 Å². The second kappa shape index (κ2) is 6.93. The number of aromatic nitrogens is 1. The molecule has 0 aliphatic carbocycles. The molecule has 3 amide bonds. The predicted molar refractivity (Wildman–Crippen MR) is 92.6 cm³/mol. The van der Waals surface area contributed by atoms with Gasteiger partial charge < -0.3 is 14.5 Å². The topological polar surface area (TPSA) is 83.1 Å². The molecule has 1 aromatic heterocycles. The molecule has 1 atom stereocenters. The summed E-state index contributed by atoms with van der Waals surface area (Å²) >= 11 is 0. The van der Waals surface area contributed by atoms with Crippen LogP contribution in [0.3, 0.4) is 0 Å². The van der Waals surface area contributed by atoms with E-state index in [2.05, 4.69) is 4.98 Å². The zero-order valence-corrected chi connectivity index (χ0v) is 14.6. The molecular weight excluding hydrogens is 336 g/mol. The largest absolute Gasteiger partial charge is 0.480 e. The number of nitrogens with zero attached hydrogens (tertiary/aromatic N) is 4. The number of amides is 3. The Hall–Kier alpha value is -2.64. The van der Waals surface area contributed by atoms with E-state index in [1.807, 2.05) is 4.90 Å². The normalized spacial score (nSPS) is 23.1. The monoisotopic (exact) mass is 358 g/mol. The average Bonchev–Trinajstić information content (AvgIpc) is 3.10. The molecule has 8 nitrogen and oxygen atoms in total. The van der Waals surface area contributed by atoms with Crippen molar-refractivity contribution in [1.82, 2.24) is 14.8 Å². The molecule has 138 valence electrons. The van der Waals surface area contributed by atoms with Crippen molar-refractivity contribution in [2.45, 2.75) is 31.7 Å². The van der Waals surface area contributed by atoms with Crippen LogP contribution in [0.25, 0.3) is 0 Å². The van der Waals surface area contributed by atoms with E-state index < -0.39 is 0 Å². The van der Waals surface area contributed by atoms with Crippen LogP contribution in [0.15, 0.2) is 18.3 Å². The minimum absolute atomic E-state index is 0.0487. The third kappa shape index (κ3) is 3.11. The molecule has 0 unspecified atom stereocenters. The zero-order chi connectivity index (χ0) is 18.1. The number of carbonyl (C=O) groups excluding carboxylic acids is 3. The summed E-state index contributed by atoms with van der Waals surface area (Å²) in [5.41, 5.74) is 0. The molecule has 0 bridgehead atoms. The van der Waals surface area contributed by atoms with Gasteiger partial charge in [0, 0.05) is 38.3 Å². The Morgan fingerprint density at radius 2 is 2.12 bits per heavy atom. The number of rotatable bonds is 3. The van der Waals surface area contributed by atoms with E-state index in [0.29, 0.717) is 31.1 Å². The van der Waals surface area contributed by atoms with Crippen LogP contribution in [0.5, 0.6) is 5.75 Å². The summed E-state index contributed by atoms with van der Waals surface area (Å²) in [7, 11) is 0. The highest BCUT2D eigenvalue weighted by atomic mass is 16.5. The van der Waals surface area contributed by atoms with Crippen LogP contribution in [-0.2, 0) is 14.4 Å². The molecule has 26 heavy (non-hydrogen) atoms. The first-order chi connectivity index (χ1) is 12.6. The van der Waals surface area contributed by atoms with E-state index in [4.69, 9.17) is 4.74 Å². The van der Waals surface area contributed by atoms with Gasteiger partial charge in [0.15, 0.2) is 18.2 Å². The van der Waals surface area contributed by atoms with Crippen molar-refractivity contribution in [1.29, 1.82) is 0 Å². The lowest BCUT2D eigenvalue weighted by Crippen LogP contribution is -2.53. The van der Waals surface area contributed by atoms with Crippen LogP contribution >= 0.6 is 0 Å². The maximum absolute atomic E-state index is 12.8. The number of carbonyl (C=O) groups is 3. The number of hydrogen-bond acceptors (Lipinski definition) is 5. The smallest absolute Gasteiger partial charge is 0.266 e. The summed E-state index contributed by atoms with van der Waals surface area (Å²) in [4.78, 5) is 46.3. The lowest BCUT2D eigenvalue weighted by Gasteiger charge is -2.38. The summed E-state index contributed by atoms with van der Waals surface area (Å²) in [5.74, 6) is 0.700. The molecule has 8 heteroatoms. The number of likely N-dealkylation sites (tertiary alicyclic amines) is 2. The minimum atomic E-state index is -0.271. The molecule has 0 saturated carbocycles. The first kappa shape index (κ1) is 16.8. The van der Waals surface area contributed by atoms with Crippen molar-refractivity contribution in [3.05, 3.63) is 18.3 Å². The van der Waals surface area contributed by atoms with Crippen molar-refractivity contribution < 1.29 is 19.1 Å². The number of pyridine rings is 1. The number of piperidine rings is 1. The molecule has 2 fully saturated rings. The Kier molecular flexibility index (Phi) is 4.48. The first-order valence-electron chi connectivity index (χ1n) is 9.09. The first-order valence-corrected chi connectivity index (χ1v) is 9.09. The lowest BCUT2D eigenvalue weighted by atomic mass is 10.0. The number of ether oxygens (including phenoxy) is 1. The fraction of sp³-hybridized carbons (Fsp3) is 0.556. The van der Waals surface area contributed by atoms with E-state index in [1.165, 1.54) is 4.90 Å². The minimum Gasteiger partial charge on any atom is -0.480 e. The van der Waals surface area contributed by atoms with Crippen molar-refractivity contribution in [2.75, 3.05) is 37.7 Å². The van der Waals surface area contributed by atoms with E-state index in [1.54, 1.807) is 23.2 Å². The standard InChI is InChI=1S/C18H22N4O4/c23-15-6-3-9-21(15)13-4-2-8-20(10-13)16(24)11-22-17(25)12-26-14-5-1-7-19-18(14)22/h1,5,7,13H,2-4,6,8-12H2/t13-/m0/s1. The van der Waals surface area contributed by atoms with Gasteiger partial charge in [-0.25, -0.2) is 4.98 Å². The second-order valence-electron chi connectivity index (χ2n) is 6.92. The maximum atomic E-state index is 12.8. The van der Waals surface area contributed by atoms with Gasteiger partial charge >= 0.3 is 0 Å². The summed E-state index contributed by atoms with van der Waals surface area (Å²) in [6.07, 6.45) is 4.87. The fourth-order valence-corrected chi connectivity index (χ4v) is 3.92. The van der Waals surface area contributed by atoms with Crippen LogP contribution in [0.4, 0.5) is 5.82 Å². The van der Waals surface area contributed by atoms with Crippen LogP contribution in [-0.4, -0.2) is 71.3 Å². The molecule has 0 spiro atoms. The summed E-state index contributed by atoms with van der Waals surface area (Å²) < 4.78 is 5.37. The molecule has 0 N–H and O–H groups in total. The highest BCUT2D eigenvalue weighted by Crippen LogP contribution is 2.29. The van der Waals surface area contributed by atoms with Gasteiger partial charge in [-0.15, -0.1) is 0 Å². The van der Waals surface area contributed by atoms with E-state index in [-0.39, 0.29) is 36.9 Å². The Balaban J connectivity index is 1.44. The van der Waals surface area contributed by atoms with Crippen LogP contribution in [0.1, 0.15) is 25.7 Å². The van der Waals surface area contributed by atoms with Gasteiger partial charge in [0.1, 0.15) is 6.54 Å². The van der Waals surface area contributed by atoms with Crippen LogP contribution < -0.4 is 9.64 Å². The van der Waals surface area contributed by atoms with Crippen molar-refractivity contribution >= 4 is 23.5 Å². The maximum Gasteiger partial charge on any atom is 0.266 e.